The molecule has 256 valence electrons. The van der Waals surface area contributed by atoms with E-state index in [2.05, 4.69) is 78.4 Å². The zero-order valence-corrected chi connectivity index (χ0v) is 35.9. The summed E-state index contributed by atoms with van der Waals surface area (Å²) in [6.45, 7) is 24.7. The van der Waals surface area contributed by atoms with Crippen molar-refractivity contribution in [2.45, 2.75) is 221 Å². The minimum atomic E-state index is -1.72. The molecule has 1 aliphatic rings. The lowest BCUT2D eigenvalue weighted by molar-refractivity contribution is 0.407. The molecule has 44 heavy (non-hydrogen) atoms. The van der Waals surface area contributed by atoms with Gasteiger partial charge in [-0.1, -0.05) is 146 Å². The van der Waals surface area contributed by atoms with Crippen LogP contribution in [-0.2, 0) is 0 Å². The SMILES string of the molecule is CCCCC1=C(CCCC)N([Si](CCC)(CCC)[Si]CCC)C(CCCC)=C(CCCC)N1[Si](CCC)(CCC)[Si]CCC. The Morgan fingerprint density at radius 1 is 0.364 bits per heavy atom. The second-order valence-corrected chi connectivity index (χ2v) is 30.2. The monoisotopic (exact) mass is 675 g/mol. The van der Waals surface area contributed by atoms with E-state index in [1.54, 1.807) is 0 Å². The van der Waals surface area contributed by atoms with Crippen LogP contribution < -0.4 is 0 Å². The molecule has 0 saturated heterocycles. The lowest BCUT2D eigenvalue weighted by Crippen LogP contribution is -2.64. The first-order valence-corrected chi connectivity index (χ1v) is 29.1. The maximum absolute atomic E-state index is 3.34. The van der Waals surface area contributed by atoms with E-state index in [9.17, 15) is 0 Å². The molecular formula is C38H78N2Si4. The highest BCUT2D eigenvalue weighted by Crippen LogP contribution is 2.48. The zero-order chi connectivity index (χ0) is 32.8. The fourth-order valence-electron chi connectivity index (χ4n) is 7.86. The molecule has 0 spiro atoms. The van der Waals surface area contributed by atoms with Gasteiger partial charge in [0.25, 0.3) is 0 Å². The van der Waals surface area contributed by atoms with Crippen LogP contribution in [0.25, 0.3) is 0 Å². The number of allylic oxidation sites excluding steroid dienone is 4. The predicted octanol–water partition coefficient (Wildman–Crippen LogP) is 13.4. The Labute approximate surface area is 285 Å². The van der Waals surface area contributed by atoms with Crippen molar-refractivity contribution in [2.75, 3.05) is 0 Å². The molecule has 0 N–H and O–H groups in total. The van der Waals surface area contributed by atoms with Gasteiger partial charge in [-0.15, -0.1) is 0 Å². The summed E-state index contributed by atoms with van der Waals surface area (Å²) in [7, 11) is -1.09. The summed E-state index contributed by atoms with van der Waals surface area (Å²) in [4.78, 5) is 0. The van der Waals surface area contributed by atoms with E-state index in [1.807, 2.05) is 22.8 Å². The summed E-state index contributed by atoms with van der Waals surface area (Å²) in [5.74, 6) is 0. The summed E-state index contributed by atoms with van der Waals surface area (Å²) in [5.41, 5.74) is 7.53. The van der Waals surface area contributed by atoms with Crippen LogP contribution >= 0.6 is 0 Å². The molecule has 0 aromatic rings. The van der Waals surface area contributed by atoms with Crippen molar-refractivity contribution in [2.24, 2.45) is 0 Å². The maximum atomic E-state index is 3.34. The first kappa shape index (κ1) is 42.0. The Kier molecular flexibility index (Phi) is 23.0. The average molecular weight is 675 g/mol. The second-order valence-electron chi connectivity index (χ2n) is 13.8. The zero-order valence-electron chi connectivity index (χ0n) is 31.9. The van der Waals surface area contributed by atoms with Crippen molar-refractivity contribution in [3.8, 4) is 0 Å². The largest absolute Gasteiger partial charge is 0.375 e. The summed E-state index contributed by atoms with van der Waals surface area (Å²) < 4.78 is 6.68. The molecule has 0 aliphatic carbocycles. The van der Waals surface area contributed by atoms with Gasteiger partial charge in [-0.2, -0.15) is 0 Å². The van der Waals surface area contributed by atoms with E-state index in [0.29, 0.717) is 0 Å². The van der Waals surface area contributed by atoms with Gasteiger partial charge in [-0.25, -0.2) is 0 Å². The minimum Gasteiger partial charge on any atom is -0.375 e. The molecule has 0 bridgehead atoms. The molecule has 4 radical (unpaired) electrons. The molecule has 2 nitrogen and oxygen atoms in total. The number of hydrogen-bond acceptors (Lipinski definition) is 2. The van der Waals surface area contributed by atoms with Crippen molar-refractivity contribution in [1.29, 1.82) is 0 Å². The van der Waals surface area contributed by atoms with E-state index in [1.165, 1.54) is 170 Å². The Bertz CT molecular complexity index is 695. The number of hydrogen-bond donors (Lipinski definition) is 0. The number of rotatable bonds is 28. The molecule has 6 heteroatoms. The summed E-state index contributed by atoms with van der Waals surface area (Å²) >= 11 is 0. The van der Waals surface area contributed by atoms with Crippen molar-refractivity contribution in [3.05, 3.63) is 22.8 Å². The fraction of sp³-hybridized carbons (Fsp3) is 0.895. The van der Waals surface area contributed by atoms with Crippen molar-refractivity contribution in [1.82, 2.24) is 9.13 Å². The van der Waals surface area contributed by atoms with Crippen LogP contribution in [0.1, 0.15) is 185 Å². The second kappa shape index (κ2) is 24.1. The Balaban J connectivity index is 4.44. The van der Waals surface area contributed by atoms with Crippen LogP contribution in [0.4, 0.5) is 0 Å². The quantitative estimate of drug-likeness (QED) is 0.0762. The molecule has 0 unspecified atom stereocenters. The molecular weight excluding hydrogens is 597 g/mol. The minimum absolute atomic E-state index is 1.18. The molecule has 0 aromatic heterocycles. The van der Waals surface area contributed by atoms with Crippen LogP contribution in [0.5, 0.6) is 0 Å². The Morgan fingerprint density at radius 2 is 0.614 bits per heavy atom. The number of nitrogens with zero attached hydrogens (tertiary/aromatic N) is 2. The Morgan fingerprint density at radius 3 is 0.795 bits per heavy atom. The van der Waals surface area contributed by atoms with Gasteiger partial charge in [0.1, 0.15) is 15.5 Å². The summed E-state index contributed by atoms with van der Waals surface area (Å²) in [6.07, 6.45) is 24.1. The van der Waals surface area contributed by atoms with Gasteiger partial charge >= 0.3 is 0 Å². The molecule has 1 heterocycles. The van der Waals surface area contributed by atoms with Crippen LogP contribution in [0.2, 0.25) is 36.3 Å². The van der Waals surface area contributed by atoms with Crippen LogP contribution in [0, 0.1) is 0 Å². The predicted molar refractivity (Wildman–Crippen MR) is 209 cm³/mol. The van der Waals surface area contributed by atoms with Crippen LogP contribution in [-0.4, -0.2) is 42.7 Å². The smallest absolute Gasteiger partial charge is 0.145 e. The van der Waals surface area contributed by atoms with Crippen molar-refractivity contribution in [3.63, 3.8) is 0 Å². The highest BCUT2D eigenvalue weighted by molar-refractivity contribution is 7.24. The van der Waals surface area contributed by atoms with Gasteiger partial charge < -0.3 is 9.13 Å². The van der Waals surface area contributed by atoms with Gasteiger partial charge in [0.05, 0.1) is 18.1 Å². The van der Waals surface area contributed by atoms with Gasteiger partial charge in [-0.05, 0) is 75.5 Å². The average Bonchev–Trinajstić information content (AvgIpc) is 3.02. The van der Waals surface area contributed by atoms with Gasteiger partial charge in [-0.3, -0.25) is 0 Å². The van der Waals surface area contributed by atoms with Gasteiger partial charge in [0.15, 0.2) is 0 Å². The van der Waals surface area contributed by atoms with E-state index >= 15 is 0 Å². The van der Waals surface area contributed by atoms with Crippen LogP contribution in [0.3, 0.4) is 0 Å². The number of unbranched alkanes of at least 4 members (excludes halogenated alkanes) is 4. The van der Waals surface area contributed by atoms with E-state index < -0.39 is 15.5 Å². The Hall–Kier alpha value is -0.0525. The highest BCUT2D eigenvalue weighted by atomic mass is 29.2. The van der Waals surface area contributed by atoms with Crippen molar-refractivity contribution >= 4 is 33.6 Å². The lowest BCUT2D eigenvalue weighted by atomic mass is 10.0. The first-order chi connectivity index (χ1) is 21.4. The third-order valence-corrected chi connectivity index (χ3v) is 30.4. The summed E-state index contributed by atoms with van der Waals surface area (Å²) in [6, 6.07) is 8.89. The maximum Gasteiger partial charge on any atom is 0.145 e. The van der Waals surface area contributed by atoms with E-state index in [-0.39, 0.29) is 0 Å². The standard InChI is InChI=1S/C38H78N2Si4/c1-11-21-25-35-36(26-22-12-2)40(44(33-19-9,34-20-10)42-30-16-6)38(28-24-14-4)37(27-23-13-3)39(35)43(31-17-7,32-18-8)41-29-15-5/h11-34H2,1-10H3. The van der Waals surface area contributed by atoms with E-state index in [0.717, 1.165) is 0 Å². The molecule has 0 saturated carbocycles. The molecule has 1 aliphatic heterocycles. The molecule has 0 aromatic carbocycles. The van der Waals surface area contributed by atoms with Crippen LogP contribution in [0.15, 0.2) is 22.8 Å². The summed E-state index contributed by atoms with van der Waals surface area (Å²) in [5, 5.41) is 0. The third-order valence-electron chi connectivity index (χ3n) is 9.73. The van der Waals surface area contributed by atoms with E-state index in [4.69, 9.17) is 0 Å². The van der Waals surface area contributed by atoms with Gasteiger partial charge in [0.2, 0.25) is 0 Å². The topological polar surface area (TPSA) is 6.48 Å². The van der Waals surface area contributed by atoms with Crippen molar-refractivity contribution < 1.29 is 0 Å². The first-order valence-electron chi connectivity index (χ1n) is 19.9. The normalized spacial score (nSPS) is 14.9. The molecule has 1 rings (SSSR count). The molecule has 0 fully saturated rings. The molecule has 0 amide bonds. The van der Waals surface area contributed by atoms with Gasteiger partial charge in [0, 0.05) is 22.8 Å². The lowest BCUT2D eigenvalue weighted by Gasteiger charge is -2.57. The third kappa shape index (κ3) is 11.6. The highest BCUT2D eigenvalue weighted by Gasteiger charge is 2.49. The molecule has 0 atom stereocenters. The fourth-order valence-corrected chi connectivity index (χ4v) is 30.0.